The lowest BCUT2D eigenvalue weighted by atomic mass is 10.1. The third kappa shape index (κ3) is 1.81. The Bertz CT molecular complexity index is 954. The van der Waals surface area contributed by atoms with Gasteiger partial charge in [0.1, 0.15) is 5.75 Å². The van der Waals surface area contributed by atoms with Crippen LogP contribution in [-0.4, -0.2) is 10.5 Å². The number of fused-ring (bicyclic) bond motifs is 2. The fraction of sp³-hybridized carbons (Fsp3) is 0.125. The molecule has 6 nitrogen and oxygen atoms in total. The summed E-state index contributed by atoms with van der Waals surface area (Å²) in [6.45, 7) is 0. The van der Waals surface area contributed by atoms with E-state index in [1.54, 1.807) is 37.4 Å². The number of ether oxygens (including phenoxy) is 1. The minimum Gasteiger partial charge on any atom is -0.474 e. The van der Waals surface area contributed by atoms with Gasteiger partial charge >= 0.3 is 5.76 Å². The Hall–Kier alpha value is -3.02. The number of nitrogens with one attached hydrogen (secondary N) is 1. The Morgan fingerprint density at radius 3 is 2.82 bits per heavy atom. The highest BCUT2D eigenvalue weighted by atomic mass is 16.5. The standard InChI is InChI=1S/C16H12N2O4/c1-18-11-7-6-9(8-13(11)22-16(18)20)14-15(19)17-10-4-2-3-5-12(10)21-14/h2-8,14H,1H3,(H,17,19). The van der Waals surface area contributed by atoms with Crippen LogP contribution in [0.5, 0.6) is 5.75 Å². The van der Waals surface area contributed by atoms with Crippen molar-refractivity contribution in [2.75, 3.05) is 5.32 Å². The fourth-order valence-electron chi connectivity index (χ4n) is 2.58. The number of hydrogen-bond acceptors (Lipinski definition) is 4. The molecule has 1 aliphatic rings. The lowest BCUT2D eigenvalue weighted by Crippen LogP contribution is -2.30. The second kappa shape index (κ2) is 4.49. The van der Waals surface area contributed by atoms with Crippen molar-refractivity contribution in [2.24, 2.45) is 7.05 Å². The molecule has 0 spiro atoms. The average Bonchev–Trinajstić information content (AvgIpc) is 2.81. The number of aromatic nitrogens is 1. The zero-order chi connectivity index (χ0) is 15.3. The molecular formula is C16H12N2O4. The van der Waals surface area contributed by atoms with E-state index in [1.807, 2.05) is 12.1 Å². The number of oxazole rings is 1. The van der Waals surface area contributed by atoms with Crippen molar-refractivity contribution in [3.05, 3.63) is 58.6 Å². The number of para-hydroxylation sites is 2. The van der Waals surface area contributed by atoms with Crippen LogP contribution in [0.3, 0.4) is 0 Å². The van der Waals surface area contributed by atoms with E-state index in [9.17, 15) is 9.59 Å². The van der Waals surface area contributed by atoms with E-state index >= 15 is 0 Å². The summed E-state index contributed by atoms with van der Waals surface area (Å²) in [5.74, 6) is -0.0791. The molecule has 1 amide bonds. The van der Waals surface area contributed by atoms with Crippen LogP contribution < -0.4 is 15.8 Å². The fourth-order valence-corrected chi connectivity index (χ4v) is 2.58. The molecule has 4 rings (SSSR count). The monoisotopic (exact) mass is 296 g/mol. The molecule has 0 aliphatic carbocycles. The summed E-state index contributed by atoms with van der Waals surface area (Å²) < 4.78 is 12.3. The quantitative estimate of drug-likeness (QED) is 0.747. The Balaban J connectivity index is 1.79. The third-order valence-corrected chi connectivity index (χ3v) is 3.75. The molecule has 0 bridgehead atoms. The minimum absolute atomic E-state index is 0.253. The summed E-state index contributed by atoms with van der Waals surface area (Å²) in [7, 11) is 1.63. The number of nitrogens with zero attached hydrogens (tertiary/aromatic N) is 1. The number of carbonyl (C=O) groups excluding carboxylic acids is 1. The number of hydrogen-bond donors (Lipinski definition) is 1. The second-order valence-electron chi connectivity index (χ2n) is 5.14. The molecule has 3 aromatic rings. The molecule has 2 aromatic carbocycles. The van der Waals surface area contributed by atoms with E-state index in [0.717, 1.165) is 0 Å². The summed E-state index contributed by atoms with van der Waals surface area (Å²) in [6.07, 6.45) is -0.773. The van der Waals surface area contributed by atoms with Gasteiger partial charge in [0.25, 0.3) is 5.91 Å². The molecule has 0 saturated carbocycles. The Morgan fingerprint density at radius 1 is 1.14 bits per heavy atom. The predicted molar refractivity (Wildman–Crippen MR) is 79.9 cm³/mol. The maximum absolute atomic E-state index is 12.2. The first-order valence-corrected chi connectivity index (χ1v) is 6.79. The van der Waals surface area contributed by atoms with Gasteiger partial charge in [0.05, 0.1) is 11.2 Å². The second-order valence-corrected chi connectivity index (χ2v) is 5.14. The Labute approximate surface area is 124 Å². The van der Waals surface area contributed by atoms with E-state index in [4.69, 9.17) is 9.15 Å². The SMILES string of the molecule is Cn1c(=O)oc2cc(C3Oc4ccccc4NC3=O)ccc21. The summed E-state index contributed by atoms with van der Waals surface area (Å²) in [4.78, 5) is 23.8. The minimum atomic E-state index is -0.773. The Morgan fingerprint density at radius 2 is 1.95 bits per heavy atom. The van der Waals surface area contributed by atoms with Gasteiger partial charge in [-0.15, -0.1) is 0 Å². The van der Waals surface area contributed by atoms with Crippen LogP contribution in [0, 0.1) is 0 Å². The number of carbonyl (C=O) groups is 1. The molecule has 1 unspecified atom stereocenters. The van der Waals surface area contributed by atoms with Crippen LogP contribution in [0.4, 0.5) is 5.69 Å². The number of amides is 1. The molecule has 0 radical (unpaired) electrons. The summed E-state index contributed by atoms with van der Waals surface area (Å²) in [6, 6.07) is 12.4. The van der Waals surface area contributed by atoms with Crippen molar-refractivity contribution in [3.8, 4) is 5.75 Å². The van der Waals surface area contributed by atoms with Gasteiger partial charge in [-0.05, 0) is 24.3 Å². The van der Waals surface area contributed by atoms with Crippen LogP contribution >= 0.6 is 0 Å². The van der Waals surface area contributed by atoms with E-state index in [1.165, 1.54) is 4.57 Å². The molecule has 2 heterocycles. The molecule has 6 heteroatoms. The first-order chi connectivity index (χ1) is 10.6. The molecule has 1 aliphatic heterocycles. The normalized spacial score (nSPS) is 17.0. The van der Waals surface area contributed by atoms with Crippen molar-refractivity contribution in [1.82, 2.24) is 4.57 Å². The highest BCUT2D eigenvalue weighted by molar-refractivity contribution is 5.98. The largest absolute Gasteiger partial charge is 0.474 e. The zero-order valence-corrected chi connectivity index (χ0v) is 11.7. The van der Waals surface area contributed by atoms with Crippen molar-refractivity contribution >= 4 is 22.7 Å². The molecule has 1 atom stereocenters. The third-order valence-electron chi connectivity index (χ3n) is 3.75. The molecule has 0 saturated heterocycles. The summed E-state index contributed by atoms with van der Waals surface area (Å²) in [5.41, 5.74) is 2.38. The first-order valence-electron chi connectivity index (χ1n) is 6.79. The zero-order valence-electron chi connectivity index (χ0n) is 11.7. The van der Waals surface area contributed by atoms with Crippen LogP contribution in [0.1, 0.15) is 11.7 Å². The molecule has 22 heavy (non-hydrogen) atoms. The van der Waals surface area contributed by atoms with Crippen molar-refractivity contribution in [2.45, 2.75) is 6.10 Å². The van der Waals surface area contributed by atoms with Gasteiger partial charge in [-0.25, -0.2) is 4.79 Å². The number of benzene rings is 2. The average molecular weight is 296 g/mol. The van der Waals surface area contributed by atoms with E-state index in [0.29, 0.717) is 28.1 Å². The maximum atomic E-state index is 12.2. The van der Waals surface area contributed by atoms with Crippen LogP contribution in [-0.2, 0) is 11.8 Å². The maximum Gasteiger partial charge on any atom is 0.419 e. The number of aryl methyl sites for hydroxylation is 1. The van der Waals surface area contributed by atoms with Gasteiger partial charge in [-0.2, -0.15) is 0 Å². The van der Waals surface area contributed by atoms with Crippen molar-refractivity contribution in [3.63, 3.8) is 0 Å². The smallest absolute Gasteiger partial charge is 0.419 e. The molecule has 1 N–H and O–H groups in total. The van der Waals surface area contributed by atoms with Crippen LogP contribution in [0.2, 0.25) is 0 Å². The highest BCUT2D eigenvalue weighted by Crippen LogP contribution is 2.35. The Kier molecular flexibility index (Phi) is 2.59. The lowest BCUT2D eigenvalue weighted by molar-refractivity contribution is -0.123. The first kappa shape index (κ1) is 12.7. The van der Waals surface area contributed by atoms with Gasteiger partial charge in [-0.1, -0.05) is 18.2 Å². The van der Waals surface area contributed by atoms with E-state index < -0.39 is 11.9 Å². The topological polar surface area (TPSA) is 73.5 Å². The van der Waals surface area contributed by atoms with Gasteiger partial charge in [0, 0.05) is 12.6 Å². The summed E-state index contributed by atoms with van der Waals surface area (Å²) >= 11 is 0. The molecular weight excluding hydrogens is 284 g/mol. The number of rotatable bonds is 1. The molecule has 1 aromatic heterocycles. The molecule has 110 valence electrons. The number of anilines is 1. The highest BCUT2D eigenvalue weighted by Gasteiger charge is 2.29. The van der Waals surface area contributed by atoms with Gasteiger partial charge in [0.2, 0.25) is 6.10 Å². The van der Waals surface area contributed by atoms with Gasteiger partial charge in [0.15, 0.2) is 5.58 Å². The van der Waals surface area contributed by atoms with Crippen LogP contribution in [0.25, 0.3) is 11.1 Å². The lowest BCUT2D eigenvalue weighted by Gasteiger charge is -2.25. The predicted octanol–water partition coefficient (Wildman–Crippen LogP) is 2.20. The van der Waals surface area contributed by atoms with Crippen molar-refractivity contribution < 1.29 is 13.9 Å². The van der Waals surface area contributed by atoms with Crippen molar-refractivity contribution in [1.29, 1.82) is 0 Å². The van der Waals surface area contributed by atoms with E-state index in [2.05, 4.69) is 5.32 Å². The van der Waals surface area contributed by atoms with Gasteiger partial charge in [-0.3, -0.25) is 9.36 Å². The van der Waals surface area contributed by atoms with E-state index in [-0.39, 0.29) is 5.91 Å². The molecule has 0 fully saturated rings. The van der Waals surface area contributed by atoms with Crippen LogP contribution in [0.15, 0.2) is 51.7 Å². The summed E-state index contributed by atoms with van der Waals surface area (Å²) in [5, 5.41) is 2.81. The van der Waals surface area contributed by atoms with Gasteiger partial charge < -0.3 is 14.5 Å².